The summed E-state index contributed by atoms with van der Waals surface area (Å²) in [6.07, 6.45) is 3.65. The lowest BCUT2D eigenvalue weighted by Crippen LogP contribution is -2.50. The van der Waals surface area contributed by atoms with Crippen LogP contribution in [0, 0.1) is 23.7 Å². The molecule has 0 bridgehead atoms. The van der Waals surface area contributed by atoms with E-state index in [1.807, 2.05) is 7.05 Å². The van der Waals surface area contributed by atoms with Crippen molar-refractivity contribution in [3.05, 3.63) is 0 Å². The van der Waals surface area contributed by atoms with Gasteiger partial charge in [-0.15, -0.1) is 0 Å². The number of amides is 1. The van der Waals surface area contributed by atoms with Crippen molar-refractivity contribution in [2.24, 2.45) is 23.7 Å². The molecule has 2 N–H and O–H groups in total. The predicted octanol–water partition coefficient (Wildman–Crippen LogP) is 1.80. The molecule has 1 aliphatic carbocycles. The van der Waals surface area contributed by atoms with Gasteiger partial charge in [0.1, 0.15) is 0 Å². The fourth-order valence-electron chi connectivity index (χ4n) is 3.76. The molecule has 4 nitrogen and oxygen atoms in total. The molecule has 2 rings (SSSR count). The van der Waals surface area contributed by atoms with Crippen LogP contribution in [-0.4, -0.2) is 38.3 Å². The van der Waals surface area contributed by atoms with E-state index in [9.17, 15) is 4.79 Å². The number of ether oxygens (including phenoxy) is 1. The number of nitrogens with one attached hydrogen (secondary N) is 2. The van der Waals surface area contributed by atoms with Crippen LogP contribution >= 0.6 is 0 Å². The Labute approximate surface area is 123 Å². The molecule has 0 aromatic carbocycles. The molecule has 4 heteroatoms. The van der Waals surface area contributed by atoms with Gasteiger partial charge in [-0.3, -0.25) is 4.79 Å². The van der Waals surface area contributed by atoms with Gasteiger partial charge in [-0.25, -0.2) is 0 Å². The molecule has 1 amide bonds. The molecule has 116 valence electrons. The first-order valence-electron chi connectivity index (χ1n) is 8.08. The Kier molecular flexibility index (Phi) is 5.44. The van der Waals surface area contributed by atoms with Crippen LogP contribution in [0.3, 0.4) is 0 Å². The van der Waals surface area contributed by atoms with E-state index in [1.165, 1.54) is 12.8 Å². The fraction of sp³-hybridized carbons (Fsp3) is 0.938. The molecular weight excluding hydrogens is 252 g/mol. The van der Waals surface area contributed by atoms with Crippen LogP contribution in [0.2, 0.25) is 0 Å². The molecule has 5 atom stereocenters. The number of likely N-dealkylation sites (N-methyl/N-ethyl adjacent to an activating group) is 1. The van der Waals surface area contributed by atoms with Gasteiger partial charge in [0.05, 0.1) is 19.1 Å². The van der Waals surface area contributed by atoms with Crippen LogP contribution in [0.1, 0.15) is 40.0 Å². The van der Waals surface area contributed by atoms with E-state index in [1.54, 1.807) is 0 Å². The van der Waals surface area contributed by atoms with Crippen molar-refractivity contribution in [1.29, 1.82) is 0 Å². The van der Waals surface area contributed by atoms with Gasteiger partial charge >= 0.3 is 0 Å². The van der Waals surface area contributed by atoms with Crippen LogP contribution in [0.15, 0.2) is 0 Å². The minimum Gasteiger partial charge on any atom is -0.379 e. The normalized spacial score (nSPS) is 38.1. The third-order valence-corrected chi connectivity index (χ3v) is 5.14. The molecule has 1 heterocycles. The number of hydrogen-bond acceptors (Lipinski definition) is 3. The van der Waals surface area contributed by atoms with Crippen LogP contribution in [0.5, 0.6) is 0 Å². The summed E-state index contributed by atoms with van der Waals surface area (Å²) in [4.78, 5) is 12.5. The van der Waals surface area contributed by atoms with E-state index in [-0.39, 0.29) is 17.9 Å². The van der Waals surface area contributed by atoms with Crippen molar-refractivity contribution >= 4 is 5.91 Å². The minimum atomic E-state index is -0.0370. The predicted molar refractivity (Wildman–Crippen MR) is 80.4 cm³/mol. The zero-order chi connectivity index (χ0) is 14.7. The number of hydrogen-bond donors (Lipinski definition) is 2. The standard InChI is InChI=1S/C16H30N2O2/c1-10(2)12-6-5-11(3)7-14(12)18-16(19)13-8-20-9-15(13)17-4/h10-15,17H,5-9H2,1-4H3,(H,18,19). The molecule has 2 fully saturated rings. The van der Waals surface area contributed by atoms with Gasteiger partial charge < -0.3 is 15.4 Å². The molecule has 0 radical (unpaired) electrons. The minimum absolute atomic E-state index is 0.0370. The quantitative estimate of drug-likeness (QED) is 0.826. The molecule has 1 saturated carbocycles. The molecule has 0 spiro atoms. The molecular formula is C16H30N2O2. The smallest absolute Gasteiger partial charge is 0.227 e. The largest absolute Gasteiger partial charge is 0.379 e. The molecule has 1 aliphatic heterocycles. The first-order valence-corrected chi connectivity index (χ1v) is 8.08. The maximum absolute atomic E-state index is 12.5. The summed E-state index contributed by atoms with van der Waals surface area (Å²) in [7, 11) is 1.90. The maximum atomic E-state index is 12.5. The van der Waals surface area contributed by atoms with Crippen molar-refractivity contribution in [2.45, 2.75) is 52.1 Å². The topological polar surface area (TPSA) is 50.4 Å². The summed E-state index contributed by atoms with van der Waals surface area (Å²) in [5, 5.41) is 6.52. The number of carbonyl (C=O) groups excluding carboxylic acids is 1. The SMILES string of the molecule is CNC1COCC1C(=O)NC1CC(C)CCC1C(C)C. The van der Waals surface area contributed by atoms with E-state index in [2.05, 4.69) is 31.4 Å². The van der Waals surface area contributed by atoms with E-state index in [0.717, 1.165) is 12.3 Å². The van der Waals surface area contributed by atoms with Gasteiger partial charge in [0.15, 0.2) is 0 Å². The summed E-state index contributed by atoms with van der Waals surface area (Å²) in [6.45, 7) is 8.03. The third-order valence-electron chi connectivity index (χ3n) is 5.14. The lowest BCUT2D eigenvalue weighted by Gasteiger charge is -2.38. The zero-order valence-electron chi connectivity index (χ0n) is 13.3. The van der Waals surface area contributed by atoms with E-state index in [0.29, 0.717) is 31.1 Å². The maximum Gasteiger partial charge on any atom is 0.227 e. The van der Waals surface area contributed by atoms with Crippen molar-refractivity contribution in [3.63, 3.8) is 0 Å². The van der Waals surface area contributed by atoms with Crippen molar-refractivity contribution in [1.82, 2.24) is 10.6 Å². The Morgan fingerprint density at radius 2 is 1.95 bits per heavy atom. The Hall–Kier alpha value is -0.610. The average Bonchev–Trinajstić information content (AvgIpc) is 2.86. The summed E-state index contributed by atoms with van der Waals surface area (Å²) < 4.78 is 5.44. The van der Waals surface area contributed by atoms with Crippen LogP contribution in [0.4, 0.5) is 0 Å². The van der Waals surface area contributed by atoms with Crippen molar-refractivity contribution in [2.75, 3.05) is 20.3 Å². The highest BCUT2D eigenvalue weighted by Crippen LogP contribution is 2.33. The molecule has 20 heavy (non-hydrogen) atoms. The van der Waals surface area contributed by atoms with Gasteiger partial charge in [-0.1, -0.05) is 27.2 Å². The molecule has 0 aromatic heterocycles. The Morgan fingerprint density at radius 3 is 2.60 bits per heavy atom. The molecule has 1 saturated heterocycles. The highest BCUT2D eigenvalue weighted by atomic mass is 16.5. The molecule has 0 aromatic rings. The van der Waals surface area contributed by atoms with Crippen molar-refractivity contribution < 1.29 is 9.53 Å². The van der Waals surface area contributed by atoms with E-state index < -0.39 is 0 Å². The molecule has 2 aliphatic rings. The van der Waals surface area contributed by atoms with E-state index in [4.69, 9.17) is 4.74 Å². The highest BCUT2D eigenvalue weighted by Gasteiger charge is 2.37. The summed E-state index contributed by atoms with van der Waals surface area (Å²) in [6, 6.07) is 0.498. The van der Waals surface area contributed by atoms with Gasteiger partial charge in [0.25, 0.3) is 0 Å². The van der Waals surface area contributed by atoms with Crippen LogP contribution in [-0.2, 0) is 9.53 Å². The lowest BCUT2D eigenvalue weighted by atomic mass is 9.74. The second-order valence-electron chi connectivity index (χ2n) is 6.98. The lowest BCUT2D eigenvalue weighted by molar-refractivity contribution is -0.127. The van der Waals surface area contributed by atoms with Crippen LogP contribution < -0.4 is 10.6 Å². The van der Waals surface area contributed by atoms with Crippen LogP contribution in [0.25, 0.3) is 0 Å². The number of carbonyl (C=O) groups is 1. The monoisotopic (exact) mass is 282 g/mol. The third kappa shape index (κ3) is 3.53. The van der Waals surface area contributed by atoms with Crippen molar-refractivity contribution in [3.8, 4) is 0 Å². The van der Waals surface area contributed by atoms with Gasteiger partial charge in [0, 0.05) is 12.1 Å². The Bertz CT molecular complexity index is 332. The summed E-state index contributed by atoms with van der Waals surface area (Å²) in [5.74, 6) is 2.10. The Balaban J connectivity index is 1.97. The summed E-state index contributed by atoms with van der Waals surface area (Å²) in [5.41, 5.74) is 0. The number of rotatable bonds is 4. The molecule has 5 unspecified atom stereocenters. The van der Waals surface area contributed by atoms with Gasteiger partial charge in [0.2, 0.25) is 5.91 Å². The second kappa shape index (κ2) is 6.90. The first kappa shape index (κ1) is 15.8. The second-order valence-corrected chi connectivity index (χ2v) is 6.98. The van der Waals surface area contributed by atoms with Gasteiger partial charge in [-0.05, 0) is 37.6 Å². The summed E-state index contributed by atoms with van der Waals surface area (Å²) >= 11 is 0. The van der Waals surface area contributed by atoms with Gasteiger partial charge in [-0.2, -0.15) is 0 Å². The Morgan fingerprint density at radius 1 is 1.20 bits per heavy atom. The fourth-order valence-corrected chi connectivity index (χ4v) is 3.76. The zero-order valence-corrected chi connectivity index (χ0v) is 13.3. The average molecular weight is 282 g/mol. The van der Waals surface area contributed by atoms with E-state index >= 15 is 0 Å². The first-order chi connectivity index (χ1) is 9.52. The highest BCUT2D eigenvalue weighted by molar-refractivity contribution is 5.80.